The highest BCUT2D eigenvalue weighted by molar-refractivity contribution is 6.00. The van der Waals surface area contributed by atoms with Crippen LogP contribution in [0.25, 0.3) is 0 Å². The van der Waals surface area contributed by atoms with Gasteiger partial charge in [0.25, 0.3) is 5.91 Å². The Hall–Kier alpha value is -3.40. The van der Waals surface area contributed by atoms with Crippen LogP contribution in [-0.4, -0.2) is 33.8 Å². The highest BCUT2D eigenvalue weighted by atomic mass is 16.2. The molecule has 164 valence electrons. The van der Waals surface area contributed by atoms with E-state index in [4.69, 9.17) is 0 Å². The largest absolute Gasteiger partial charge is 0.313 e. The van der Waals surface area contributed by atoms with Gasteiger partial charge in [-0.15, -0.1) is 0 Å². The Bertz CT molecular complexity index is 1050. The molecule has 4 rings (SSSR count). The molecule has 1 heterocycles. The third kappa shape index (κ3) is 4.18. The van der Waals surface area contributed by atoms with Crippen LogP contribution in [0.4, 0.5) is 0 Å². The van der Waals surface area contributed by atoms with Crippen LogP contribution in [0.15, 0.2) is 91.0 Å². The molecule has 0 aliphatic carbocycles. The van der Waals surface area contributed by atoms with E-state index in [-0.39, 0.29) is 29.9 Å². The summed E-state index contributed by atoms with van der Waals surface area (Å²) >= 11 is 0. The summed E-state index contributed by atoms with van der Waals surface area (Å²) in [5.41, 5.74) is 2.73. The highest BCUT2D eigenvalue weighted by Gasteiger charge is 2.51. The van der Waals surface area contributed by atoms with Gasteiger partial charge in [-0.05, 0) is 36.1 Å². The Morgan fingerprint density at radius 1 is 0.812 bits per heavy atom. The Morgan fingerprint density at radius 3 is 1.91 bits per heavy atom. The molecule has 0 bridgehead atoms. The summed E-state index contributed by atoms with van der Waals surface area (Å²) < 4.78 is 0. The minimum Gasteiger partial charge on any atom is -0.313 e. The molecule has 1 saturated heterocycles. The first kappa shape index (κ1) is 21.8. The molecule has 4 nitrogen and oxygen atoms in total. The topological polar surface area (TPSA) is 40.6 Å². The van der Waals surface area contributed by atoms with Gasteiger partial charge in [-0.1, -0.05) is 92.7 Å². The maximum Gasteiger partial charge on any atom is 0.256 e. The molecule has 2 amide bonds. The predicted molar refractivity (Wildman–Crippen MR) is 127 cm³/mol. The zero-order valence-corrected chi connectivity index (χ0v) is 18.9. The fourth-order valence-corrected chi connectivity index (χ4v) is 4.71. The van der Waals surface area contributed by atoms with Crippen molar-refractivity contribution >= 4 is 11.8 Å². The van der Waals surface area contributed by atoms with Gasteiger partial charge in [-0.3, -0.25) is 9.59 Å². The van der Waals surface area contributed by atoms with Crippen LogP contribution in [0.1, 0.15) is 48.3 Å². The van der Waals surface area contributed by atoms with E-state index in [0.717, 1.165) is 11.1 Å². The van der Waals surface area contributed by atoms with E-state index in [2.05, 4.69) is 20.8 Å². The van der Waals surface area contributed by atoms with E-state index in [0.29, 0.717) is 12.0 Å². The van der Waals surface area contributed by atoms with Gasteiger partial charge in [0.15, 0.2) is 0 Å². The first-order valence-electron chi connectivity index (χ1n) is 11.3. The van der Waals surface area contributed by atoms with Crippen molar-refractivity contribution < 1.29 is 9.59 Å². The molecule has 0 spiro atoms. The van der Waals surface area contributed by atoms with Gasteiger partial charge < -0.3 is 9.80 Å². The Labute approximate surface area is 190 Å². The average Bonchev–Trinajstić information content (AvgIpc) is 3.12. The third-order valence-electron chi connectivity index (χ3n) is 6.27. The molecule has 1 aliphatic heterocycles. The Kier molecular flexibility index (Phi) is 6.40. The summed E-state index contributed by atoms with van der Waals surface area (Å²) in [5, 5.41) is 0. The fourth-order valence-electron chi connectivity index (χ4n) is 4.71. The molecule has 0 radical (unpaired) electrons. The molecular weight excluding hydrogens is 396 g/mol. The molecule has 4 heteroatoms. The van der Waals surface area contributed by atoms with Crippen LogP contribution in [0.3, 0.4) is 0 Å². The second-order valence-electron chi connectivity index (χ2n) is 8.77. The number of hydrogen-bond donors (Lipinski definition) is 0. The van der Waals surface area contributed by atoms with Crippen molar-refractivity contribution in [3.05, 3.63) is 108 Å². The van der Waals surface area contributed by atoms with Crippen molar-refractivity contribution in [3.8, 4) is 0 Å². The first-order chi connectivity index (χ1) is 15.5. The van der Waals surface area contributed by atoms with Crippen molar-refractivity contribution in [1.82, 2.24) is 9.80 Å². The van der Waals surface area contributed by atoms with Gasteiger partial charge in [-0.2, -0.15) is 0 Å². The van der Waals surface area contributed by atoms with E-state index in [1.165, 1.54) is 0 Å². The maximum atomic E-state index is 13.9. The van der Waals surface area contributed by atoms with Gasteiger partial charge in [-0.25, -0.2) is 0 Å². The van der Waals surface area contributed by atoms with Crippen LogP contribution in [-0.2, 0) is 11.2 Å². The van der Waals surface area contributed by atoms with Crippen molar-refractivity contribution in [2.75, 3.05) is 0 Å². The van der Waals surface area contributed by atoms with Crippen LogP contribution in [0, 0.1) is 5.92 Å². The normalized spacial score (nSPS) is 19.4. The molecule has 1 fully saturated rings. The monoisotopic (exact) mass is 426 g/mol. The Morgan fingerprint density at radius 2 is 1.34 bits per heavy atom. The predicted octanol–water partition coefficient (Wildman–Crippen LogP) is 5.33. The van der Waals surface area contributed by atoms with Crippen LogP contribution >= 0.6 is 0 Å². The molecular formula is C28H30N2O2. The van der Waals surface area contributed by atoms with Crippen molar-refractivity contribution in [1.29, 1.82) is 0 Å². The lowest BCUT2D eigenvalue weighted by molar-refractivity contribution is -0.132. The number of rotatable bonds is 6. The number of carbonyl (C=O) groups excluding carboxylic acids is 2. The SMILES string of the molecule is CC(C)[C@H]1N([C@H](C)c2ccccc2)C(=O)[C@H](Cc2ccccc2)N1C(=O)c1ccccc1. The fraction of sp³-hybridized carbons (Fsp3) is 0.286. The molecule has 0 N–H and O–H groups in total. The number of hydrogen-bond acceptors (Lipinski definition) is 2. The van der Waals surface area contributed by atoms with E-state index in [9.17, 15) is 9.59 Å². The van der Waals surface area contributed by atoms with Gasteiger partial charge in [0.05, 0.1) is 6.04 Å². The zero-order valence-electron chi connectivity index (χ0n) is 18.9. The standard InChI is InChI=1S/C28H30N2O2/c1-20(2)26-29(21(3)23-15-9-5-10-16-23)28(32)25(19-22-13-7-4-8-14-22)30(26)27(31)24-17-11-6-12-18-24/h4-18,20-21,25-26H,19H2,1-3H3/t21-,25+,26+/m1/s1. The van der Waals surface area contributed by atoms with Crippen LogP contribution in [0.5, 0.6) is 0 Å². The first-order valence-corrected chi connectivity index (χ1v) is 11.3. The smallest absolute Gasteiger partial charge is 0.256 e. The van der Waals surface area contributed by atoms with E-state index in [1.807, 2.05) is 101 Å². The lowest BCUT2D eigenvalue weighted by Gasteiger charge is -2.37. The van der Waals surface area contributed by atoms with Gasteiger partial charge in [0, 0.05) is 12.0 Å². The summed E-state index contributed by atoms with van der Waals surface area (Å²) in [4.78, 5) is 31.4. The Balaban J connectivity index is 1.78. The maximum absolute atomic E-state index is 13.9. The molecule has 0 unspecified atom stereocenters. The lowest BCUT2D eigenvalue weighted by Crippen LogP contribution is -2.48. The summed E-state index contributed by atoms with van der Waals surface area (Å²) in [6.07, 6.45) is 0.179. The van der Waals surface area contributed by atoms with E-state index >= 15 is 0 Å². The quantitative estimate of drug-likeness (QED) is 0.535. The zero-order chi connectivity index (χ0) is 22.7. The van der Waals surface area contributed by atoms with Gasteiger partial charge >= 0.3 is 0 Å². The second-order valence-corrected chi connectivity index (χ2v) is 8.77. The number of benzene rings is 3. The van der Waals surface area contributed by atoms with E-state index < -0.39 is 6.04 Å². The second kappa shape index (κ2) is 9.39. The minimum atomic E-state index is -0.538. The molecule has 32 heavy (non-hydrogen) atoms. The number of carbonyl (C=O) groups is 2. The molecule has 0 aromatic heterocycles. The average molecular weight is 427 g/mol. The summed E-state index contributed by atoms with van der Waals surface area (Å²) in [7, 11) is 0. The van der Waals surface area contributed by atoms with Crippen LogP contribution in [0.2, 0.25) is 0 Å². The van der Waals surface area contributed by atoms with Crippen molar-refractivity contribution in [3.63, 3.8) is 0 Å². The van der Waals surface area contributed by atoms with Gasteiger partial charge in [0.2, 0.25) is 5.91 Å². The summed E-state index contributed by atoms with van der Waals surface area (Å²) in [6.45, 7) is 6.22. The molecule has 0 saturated carbocycles. The number of amides is 2. The third-order valence-corrected chi connectivity index (χ3v) is 6.27. The minimum absolute atomic E-state index is 0.00758. The molecule has 3 aromatic carbocycles. The van der Waals surface area contributed by atoms with E-state index in [1.54, 1.807) is 0 Å². The highest BCUT2D eigenvalue weighted by Crippen LogP contribution is 2.37. The van der Waals surface area contributed by atoms with Crippen molar-refractivity contribution in [2.45, 2.75) is 45.4 Å². The van der Waals surface area contributed by atoms with Crippen molar-refractivity contribution in [2.24, 2.45) is 5.92 Å². The molecule has 1 aliphatic rings. The summed E-state index contributed by atoms with van der Waals surface area (Å²) in [6, 6.07) is 28.6. The molecule has 3 atom stereocenters. The molecule has 3 aromatic rings. The number of nitrogens with zero attached hydrogens (tertiary/aromatic N) is 2. The summed E-state index contributed by atoms with van der Waals surface area (Å²) in [5.74, 6) is -0.00641. The van der Waals surface area contributed by atoms with Crippen LogP contribution < -0.4 is 0 Å². The lowest BCUT2D eigenvalue weighted by atomic mass is 10.0. The van der Waals surface area contributed by atoms with Gasteiger partial charge in [0.1, 0.15) is 12.2 Å².